The number of imide groups is 1. The Morgan fingerprint density at radius 1 is 1.37 bits per heavy atom. The third-order valence-corrected chi connectivity index (χ3v) is 3.26. The van der Waals surface area contributed by atoms with Crippen LogP contribution in [0.2, 0.25) is 0 Å². The Morgan fingerprint density at radius 3 is 2.74 bits per heavy atom. The van der Waals surface area contributed by atoms with Crippen molar-refractivity contribution in [2.75, 3.05) is 13.7 Å². The molecular weight excluding hydrogens is 266 g/mol. The van der Waals surface area contributed by atoms with Crippen molar-refractivity contribution in [2.24, 2.45) is 0 Å². The highest BCUT2D eigenvalue weighted by Crippen LogP contribution is 2.35. The summed E-state index contributed by atoms with van der Waals surface area (Å²) in [5, 5.41) is 1.85. The Labute approximate surface area is 115 Å². The van der Waals surface area contributed by atoms with Gasteiger partial charge in [0.05, 0.1) is 18.6 Å². The van der Waals surface area contributed by atoms with Crippen LogP contribution in [0.1, 0.15) is 12.5 Å². The van der Waals surface area contributed by atoms with Crippen molar-refractivity contribution in [1.29, 1.82) is 0 Å². The van der Waals surface area contributed by atoms with E-state index in [-0.39, 0.29) is 11.1 Å². The Morgan fingerprint density at radius 2 is 2.16 bits per heavy atom. The molecule has 1 heterocycles. The van der Waals surface area contributed by atoms with Crippen LogP contribution in [0.5, 0.6) is 11.5 Å². The number of hydrogen-bond acceptors (Lipinski definition) is 5. The van der Waals surface area contributed by atoms with Crippen LogP contribution >= 0.6 is 11.8 Å². The Kier molecular flexibility index (Phi) is 4.11. The lowest BCUT2D eigenvalue weighted by atomic mass is 10.1. The van der Waals surface area contributed by atoms with Gasteiger partial charge in [0.15, 0.2) is 11.5 Å². The van der Waals surface area contributed by atoms with Gasteiger partial charge in [-0.25, -0.2) is 0 Å². The van der Waals surface area contributed by atoms with Crippen LogP contribution in [0.15, 0.2) is 23.1 Å². The summed E-state index contributed by atoms with van der Waals surface area (Å²) in [6.45, 7) is 2.35. The summed E-state index contributed by atoms with van der Waals surface area (Å²) in [5.41, 5.74) is 0.702. The number of para-hydroxylation sites is 1. The highest BCUT2D eigenvalue weighted by molar-refractivity contribution is 8.18. The zero-order valence-corrected chi connectivity index (χ0v) is 11.4. The van der Waals surface area contributed by atoms with Crippen molar-refractivity contribution in [3.05, 3.63) is 28.7 Å². The molecule has 1 aliphatic heterocycles. The van der Waals surface area contributed by atoms with E-state index < -0.39 is 0 Å². The molecule has 1 saturated heterocycles. The summed E-state index contributed by atoms with van der Waals surface area (Å²) in [6.07, 6.45) is 1.62. The molecule has 1 N–H and O–H groups in total. The zero-order valence-electron chi connectivity index (χ0n) is 10.6. The molecule has 0 unspecified atom stereocenters. The first-order valence-corrected chi connectivity index (χ1v) is 6.52. The summed E-state index contributed by atoms with van der Waals surface area (Å²) in [6, 6.07) is 5.38. The van der Waals surface area contributed by atoms with Gasteiger partial charge in [-0.1, -0.05) is 12.1 Å². The predicted molar refractivity (Wildman–Crippen MR) is 73.3 cm³/mol. The molecule has 1 aromatic carbocycles. The van der Waals surface area contributed by atoms with Crippen LogP contribution in [-0.4, -0.2) is 24.9 Å². The van der Waals surface area contributed by atoms with Gasteiger partial charge >= 0.3 is 0 Å². The lowest BCUT2D eigenvalue weighted by Crippen LogP contribution is -2.17. The van der Waals surface area contributed by atoms with Gasteiger partial charge in [-0.2, -0.15) is 0 Å². The lowest BCUT2D eigenvalue weighted by Gasteiger charge is -2.12. The normalized spacial score (nSPS) is 16.6. The second-order valence-corrected chi connectivity index (χ2v) is 4.68. The molecule has 6 heteroatoms. The summed E-state index contributed by atoms with van der Waals surface area (Å²) in [5.74, 6) is 0.763. The number of thioether (sulfide) groups is 1. The van der Waals surface area contributed by atoms with E-state index in [0.717, 1.165) is 11.8 Å². The van der Waals surface area contributed by atoms with Crippen molar-refractivity contribution in [2.45, 2.75) is 6.92 Å². The van der Waals surface area contributed by atoms with Crippen LogP contribution < -0.4 is 14.8 Å². The first-order valence-electron chi connectivity index (χ1n) is 5.70. The minimum Gasteiger partial charge on any atom is -0.493 e. The number of benzene rings is 1. The molecule has 100 valence electrons. The monoisotopic (exact) mass is 279 g/mol. The molecule has 1 fully saturated rings. The number of carbonyl (C=O) groups excluding carboxylic acids is 2. The largest absolute Gasteiger partial charge is 0.493 e. The molecule has 0 spiro atoms. The minimum atomic E-state index is -0.389. The molecular formula is C13H13NO4S. The number of ether oxygens (including phenoxy) is 2. The second-order valence-electron chi connectivity index (χ2n) is 3.66. The van der Waals surface area contributed by atoms with Crippen molar-refractivity contribution in [1.82, 2.24) is 5.32 Å². The molecule has 2 amide bonds. The van der Waals surface area contributed by atoms with Gasteiger partial charge in [0.2, 0.25) is 0 Å². The van der Waals surface area contributed by atoms with E-state index in [1.54, 1.807) is 31.4 Å². The summed E-state index contributed by atoms with van der Waals surface area (Å²) in [4.78, 5) is 23.0. The van der Waals surface area contributed by atoms with E-state index in [1.165, 1.54) is 0 Å². The Hall–Kier alpha value is -1.95. The van der Waals surface area contributed by atoms with Crippen molar-refractivity contribution in [3.63, 3.8) is 0 Å². The van der Waals surface area contributed by atoms with Crippen LogP contribution in [0, 0.1) is 0 Å². The fourth-order valence-electron chi connectivity index (χ4n) is 1.67. The van der Waals surface area contributed by atoms with Gasteiger partial charge in [-0.05, 0) is 30.8 Å². The van der Waals surface area contributed by atoms with Crippen LogP contribution in [-0.2, 0) is 4.79 Å². The van der Waals surface area contributed by atoms with Crippen LogP contribution in [0.25, 0.3) is 6.08 Å². The number of carbonyl (C=O) groups is 2. The fourth-order valence-corrected chi connectivity index (χ4v) is 2.34. The smallest absolute Gasteiger partial charge is 0.290 e. The molecule has 2 rings (SSSR count). The number of amides is 2. The molecule has 0 radical (unpaired) electrons. The maximum atomic E-state index is 11.5. The van der Waals surface area contributed by atoms with Crippen molar-refractivity contribution >= 4 is 29.0 Å². The average molecular weight is 279 g/mol. The molecule has 1 aliphatic rings. The van der Waals surface area contributed by atoms with Gasteiger partial charge in [-0.15, -0.1) is 0 Å². The molecule has 0 aliphatic carbocycles. The molecule has 19 heavy (non-hydrogen) atoms. The van der Waals surface area contributed by atoms with E-state index >= 15 is 0 Å². The summed E-state index contributed by atoms with van der Waals surface area (Å²) < 4.78 is 10.8. The molecule has 0 atom stereocenters. The number of rotatable bonds is 4. The van der Waals surface area contributed by atoms with Gasteiger partial charge in [0.25, 0.3) is 11.1 Å². The van der Waals surface area contributed by atoms with Crippen LogP contribution in [0.3, 0.4) is 0 Å². The SMILES string of the molecule is CCOc1c(C=C2SC(=O)NC2=O)cccc1OC. The standard InChI is InChI=1S/C13H13NO4S/c1-3-18-11-8(5-4-6-9(11)17-2)7-10-12(15)14-13(16)19-10/h4-7H,3H2,1-2H3,(H,14,15,16). The van der Waals surface area contributed by atoms with Gasteiger partial charge in [-0.3, -0.25) is 14.9 Å². The maximum Gasteiger partial charge on any atom is 0.290 e. The summed E-state index contributed by atoms with van der Waals surface area (Å²) in [7, 11) is 1.55. The molecule has 5 nitrogen and oxygen atoms in total. The third kappa shape index (κ3) is 2.90. The second kappa shape index (κ2) is 5.79. The van der Waals surface area contributed by atoms with Crippen molar-refractivity contribution in [3.8, 4) is 11.5 Å². The maximum absolute atomic E-state index is 11.5. The zero-order chi connectivity index (χ0) is 13.8. The Bertz CT molecular complexity index is 554. The molecule has 0 aromatic heterocycles. The molecule has 0 bridgehead atoms. The van der Waals surface area contributed by atoms with E-state index in [9.17, 15) is 9.59 Å². The van der Waals surface area contributed by atoms with Crippen LogP contribution in [0.4, 0.5) is 4.79 Å². The highest BCUT2D eigenvalue weighted by atomic mass is 32.2. The fraction of sp³-hybridized carbons (Fsp3) is 0.231. The van der Waals surface area contributed by atoms with Gasteiger partial charge < -0.3 is 9.47 Å². The van der Waals surface area contributed by atoms with Crippen molar-refractivity contribution < 1.29 is 19.1 Å². The first kappa shape index (κ1) is 13.5. The molecule has 1 aromatic rings. The average Bonchev–Trinajstić information content (AvgIpc) is 2.70. The van der Waals surface area contributed by atoms with E-state index in [2.05, 4.69) is 5.32 Å². The lowest BCUT2D eigenvalue weighted by molar-refractivity contribution is -0.115. The van der Waals surface area contributed by atoms with E-state index in [4.69, 9.17) is 9.47 Å². The third-order valence-electron chi connectivity index (χ3n) is 2.45. The number of hydrogen-bond donors (Lipinski definition) is 1. The number of nitrogens with one attached hydrogen (secondary N) is 1. The Balaban J connectivity index is 2.42. The van der Waals surface area contributed by atoms with E-state index in [1.807, 2.05) is 6.92 Å². The number of methoxy groups -OCH3 is 1. The summed E-state index contributed by atoms with van der Waals surface area (Å²) >= 11 is 0.874. The van der Waals surface area contributed by atoms with E-state index in [0.29, 0.717) is 28.6 Å². The van der Waals surface area contributed by atoms with Gasteiger partial charge in [0, 0.05) is 5.56 Å². The molecule has 0 saturated carbocycles. The quantitative estimate of drug-likeness (QED) is 0.857. The highest BCUT2D eigenvalue weighted by Gasteiger charge is 2.25. The predicted octanol–water partition coefficient (Wildman–Crippen LogP) is 2.42. The first-order chi connectivity index (χ1) is 9.15. The van der Waals surface area contributed by atoms with Gasteiger partial charge in [0.1, 0.15) is 0 Å². The minimum absolute atomic E-state index is 0.346. The topological polar surface area (TPSA) is 64.6 Å².